The number of carbonyl (C=O) groups is 2. The van der Waals surface area contributed by atoms with Crippen molar-refractivity contribution in [2.24, 2.45) is 5.73 Å². The van der Waals surface area contributed by atoms with E-state index in [2.05, 4.69) is 25.5 Å². The number of rotatable bonds is 4. The Morgan fingerprint density at radius 1 is 1.07 bits per heavy atom. The molecule has 4 rings (SSSR count). The number of hydrogen-bond donors (Lipinski definition) is 3. The van der Waals surface area contributed by atoms with Gasteiger partial charge in [-0.3, -0.25) is 24.7 Å². The summed E-state index contributed by atoms with van der Waals surface area (Å²) in [5.41, 5.74) is 9.70. The summed E-state index contributed by atoms with van der Waals surface area (Å²) in [7, 11) is 0. The average molecular weight is 372 g/mol. The lowest BCUT2D eigenvalue weighted by atomic mass is 9.97. The molecule has 0 spiro atoms. The normalized spacial score (nSPS) is 10.8. The summed E-state index contributed by atoms with van der Waals surface area (Å²) in [6.07, 6.45) is 6.31. The van der Waals surface area contributed by atoms with Crippen molar-refractivity contribution in [3.05, 3.63) is 71.9 Å². The predicted octanol–water partition coefficient (Wildman–Crippen LogP) is 2.68. The minimum absolute atomic E-state index is 0.269. The Labute approximate surface area is 159 Å². The van der Waals surface area contributed by atoms with E-state index in [1.54, 1.807) is 30.7 Å². The molecular weight excluding hydrogens is 356 g/mol. The molecule has 4 aromatic rings. The van der Waals surface area contributed by atoms with Crippen molar-refractivity contribution in [1.29, 1.82) is 0 Å². The number of benzene rings is 1. The summed E-state index contributed by atoms with van der Waals surface area (Å²) in [4.78, 5) is 32.3. The molecule has 3 heterocycles. The number of aromatic amines is 1. The summed E-state index contributed by atoms with van der Waals surface area (Å²) >= 11 is 0. The van der Waals surface area contributed by atoms with E-state index < -0.39 is 5.91 Å². The minimum atomic E-state index is -0.534. The van der Waals surface area contributed by atoms with Gasteiger partial charge in [-0.2, -0.15) is 5.10 Å². The number of H-pyrrole nitrogens is 1. The minimum Gasteiger partial charge on any atom is -0.366 e. The molecular formula is C20H16N6O2. The smallest absolute Gasteiger partial charge is 0.276 e. The lowest BCUT2D eigenvalue weighted by Crippen LogP contribution is -2.13. The van der Waals surface area contributed by atoms with Crippen molar-refractivity contribution in [2.45, 2.75) is 6.92 Å². The third-order valence-electron chi connectivity index (χ3n) is 4.51. The first kappa shape index (κ1) is 17.3. The van der Waals surface area contributed by atoms with Gasteiger partial charge in [0.25, 0.3) is 11.8 Å². The zero-order valence-electron chi connectivity index (χ0n) is 14.9. The molecule has 8 heteroatoms. The molecule has 0 atom stereocenters. The van der Waals surface area contributed by atoms with E-state index in [9.17, 15) is 9.59 Å². The highest BCUT2D eigenvalue weighted by molar-refractivity contribution is 6.11. The van der Waals surface area contributed by atoms with Crippen LogP contribution in [0.2, 0.25) is 0 Å². The fourth-order valence-electron chi connectivity index (χ4n) is 3.04. The third kappa shape index (κ3) is 3.07. The van der Waals surface area contributed by atoms with Crippen LogP contribution in [0.1, 0.15) is 26.4 Å². The number of amides is 2. The maximum Gasteiger partial charge on any atom is 0.276 e. The van der Waals surface area contributed by atoms with Crippen LogP contribution in [0.4, 0.5) is 5.69 Å². The SMILES string of the molecule is Cc1c(C(N)=O)cncc1-c1ccc2[nH]nc(C(=O)Nc3ccncc3)c2c1. The van der Waals surface area contributed by atoms with Gasteiger partial charge in [-0.15, -0.1) is 0 Å². The number of nitrogens with one attached hydrogen (secondary N) is 2. The van der Waals surface area contributed by atoms with Crippen molar-refractivity contribution in [3.8, 4) is 11.1 Å². The summed E-state index contributed by atoms with van der Waals surface area (Å²) in [6.45, 7) is 1.81. The van der Waals surface area contributed by atoms with Gasteiger partial charge in [0.05, 0.1) is 11.1 Å². The van der Waals surface area contributed by atoms with Crippen LogP contribution in [-0.2, 0) is 0 Å². The molecule has 138 valence electrons. The zero-order valence-corrected chi connectivity index (χ0v) is 14.9. The van der Waals surface area contributed by atoms with Crippen molar-refractivity contribution in [3.63, 3.8) is 0 Å². The van der Waals surface area contributed by atoms with Crippen LogP contribution < -0.4 is 11.1 Å². The van der Waals surface area contributed by atoms with E-state index in [0.717, 1.165) is 22.2 Å². The van der Waals surface area contributed by atoms with Gasteiger partial charge in [-0.1, -0.05) is 6.07 Å². The number of pyridine rings is 2. The molecule has 0 aliphatic heterocycles. The molecule has 2 amide bonds. The predicted molar refractivity (Wildman–Crippen MR) is 105 cm³/mol. The number of fused-ring (bicyclic) bond motifs is 1. The van der Waals surface area contributed by atoms with E-state index in [1.807, 2.05) is 25.1 Å². The van der Waals surface area contributed by atoms with Crippen LogP contribution in [0.5, 0.6) is 0 Å². The standard InChI is InChI=1S/C20H16N6O2/c1-11-15(9-23-10-16(11)19(21)27)12-2-3-17-14(8-12)18(26-25-17)20(28)24-13-4-6-22-7-5-13/h2-10H,1H3,(H2,21,27)(H,25,26)(H,22,24,28). The number of anilines is 1. The van der Waals surface area contributed by atoms with Crippen LogP contribution in [0.25, 0.3) is 22.0 Å². The summed E-state index contributed by atoms with van der Waals surface area (Å²) in [5, 5.41) is 10.5. The molecule has 0 fully saturated rings. The van der Waals surface area contributed by atoms with Crippen LogP contribution >= 0.6 is 0 Å². The highest BCUT2D eigenvalue weighted by atomic mass is 16.2. The maximum atomic E-state index is 12.7. The van der Waals surface area contributed by atoms with Gasteiger partial charge in [0.1, 0.15) is 0 Å². The lowest BCUT2D eigenvalue weighted by Gasteiger charge is -2.09. The Balaban J connectivity index is 1.76. The van der Waals surface area contributed by atoms with Crippen molar-refractivity contribution < 1.29 is 9.59 Å². The molecule has 8 nitrogen and oxygen atoms in total. The Bertz CT molecular complexity index is 1200. The van der Waals surface area contributed by atoms with Crippen LogP contribution in [-0.4, -0.2) is 32.0 Å². The second kappa shape index (κ2) is 6.92. The van der Waals surface area contributed by atoms with E-state index in [1.165, 1.54) is 6.20 Å². The van der Waals surface area contributed by atoms with Gasteiger partial charge in [0.15, 0.2) is 5.69 Å². The molecule has 0 bridgehead atoms. The summed E-state index contributed by atoms with van der Waals surface area (Å²) in [5.74, 6) is -0.871. The maximum absolute atomic E-state index is 12.7. The Morgan fingerprint density at radius 3 is 2.61 bits per heavy atom. The molecule has 0 radical (unpaired) electrons. The fourth-order valence-corrected chi connectivity index (χ4v) is 3.04. The fraction of sp³-hybridized carbons (Fsp3) is 0.0500. The van der Waals surface area contributed by atoms with Gasteiger partial charge < -0.3 is 11.1 Å². The molecule has 4 N–H and O–H groups in total. The summed E-state index contributed by atoms with van der Waals surface area (Å²) in [6, 6.07) is 8.94. The Kier molecular flexibility index (Phi) is 4.29. The zero-order chi connectivity index (χ0) is 19.7. The monoisotopic (exact) mass is 372 g/mol. The first-order valence-electron chi connectivity index (χ1n) is 8.49. The first-order valence-corrected chi connectivity index (χ1v) is 8.49. The van der Waals surface area contributed by atoms with Gasteiger partial charge in [0.2, 0.25) is 0 Å². The number of nitrogens with zero attached hydrogens (tertiary/aromatic N) is 3. The molecule has 28 heavy (non-hydrogen) atoms. The van der Waals surface area contributed by atoms with E-state index in [4.69, 9.17) is 5.73 Å². The molecule has 3 aromatic heterocycles. The molecule has 1 aromatic carbocycles. The van der Waals surface area contributed by atoms with Gasteiger partial charge in [0, 0.05) is 41.4 Å². The van der Waals surface area contributed by atoms with Gasteiger partial charge >= 0.3 is 0 Å². The molecule has 0 aliphatic rings. The average Bonchev–Trinajstić information content (AvgIpc) is 3.12. The van der Waals surface area contributed by atoms with E-state index >= 15 is 0 Å². The highest BCUT2D eigenvalue weighted by Crippen LogP contribution is 2.28. The largest absolute Gasteiger partial charge is 0.366 e. The highest BCUT2D eigenvalue weighted by Gasteiger charge is 2.17. The number of nitrogens with two attached hydrogens (primary N) is 1. The quantitative estimate of drug-likeness (QED) is 0.507. The number of carbonyl (C=O) groups excluding carboxylic acids is 2. The Hall–Kier alpha value is -4.07. The second-order valence-corrected chi connectivity index (χ2v) is 6.25. The number of hydrogen-bond acceptors (Lipinski definition) is 5. The second-order valence-electron chi connectivity index (χ2n) is 6.25. The topological polar surface area (TPSA) is 127 Å². The molecule has 0 saturated carbocycles. The number of aromatic nitrogens is 4. The molecule has 0 aliphatic carbocycles. The number of primary amides is 1. The summed E-state index contributed by atoms with van der Waals surface area (Å²) < 4.78 is 0. The van der Waals surface area contributed by atoms with Crippen molar-refractivity contribution in [2.75, 3.05) is 5.32 Å². The van der Waals surface area contributed by atoms with Crippen LogP contribution in [0.15, 0.2) is 55.1 Å². The lowest BCUT2D eigenvalue weighted by molar-refractivity contribution is 0.0996. The first-order chi connectivity index (χ1) is 13.5. The van der Waals surface area contributed by atoms with Crippen LogP contribution in [0, 0.1) is 6.92 Å². The van der Waals surface area contributed by atoms with Crippen molar-refractivity contribution in [1.82, 2.24) is 20.2 Å². The molecule has 0 unspecified atom stereocenters. The third-order valence-corrected chi connectivity index (χ3v) is 4.51. The van der Waals surface area contributed by atoms with Crippen LogP contribution in [0.3, 0.4) is 0 Å². The van der Waals surface area contributed by atoms with E-state index in [0.29, 0.717) is 16.6 Å². The molecule has 0 saturated heterocycles. The van der Waals surface area contributed by atoms with Gasteiger partial charge in [-0.25, -0.2) is 0 Å². The van der Waals surface area contributed by atoms with Crippen molar-refractivity contribution >= 4 is 28.4 Å². The van der Waals surface area contributed by atoms with Gasteiger partial charge in [-0.05, 0) is 42.3 Å². The van der Waals surface area contributed by atoms with E-state index in [-0.39, 0.29) is 11.6 Å². The Morgan fingerprint density at radius 2 is 1.86 bits per heavy atom.